The van der Waals surface area contributed by atoms with Crippen molar-refractivity contribution in [2.24, 2.45) is 5.84 Å². The first-order valence-corrected chi connectivity index (χ1v) is 7.95. The summed E-state index contributed by atoms with van der Waals surface area (Å²) in [5, 5.41) is 10.6. The van der Waals surface area contributed by atoms with Crippen LogP contribution in [0.1, 0.15) is 52.7 Å². The van der Waals surface area contributed by atoms with E-state index in [9.17, 15) is 9.90 Å². The van der Waals surface area contributed by atoms with Gasteiger partial charge in [-0.1, -0.05) is 41.5 Å². The van der Waals surface area contributed by atoms with E-state index in [1.807, 2.05) is 12.1 Å². The van der Waals surface area contributed by atoms with E-state index in [0.717, 1.165) is 16.0 Å². The van der Waals surface area contributed by atoms with E-state index >= 15 is 0 Å². The second-order valence-corrected chi connectivity index (χ2v) is 8.27. The van der Waals surface area contributed by atoms with E-state index < -0.39 is 0 Å². The van der Waals surface area contributed by atoms with Crippen molar-refractivity contribution in [3.63, 3.8) is 0 Å². The number of amides is 1. The number of thioether (sulfide) groups is 1. The molecule has 0 aliphatic carbocycles. The third-order valence-electron chi connectivity index (χ3n) is 3.23. The molecule has 118 valence electrons. The third kappa shape index (κ3) is 4.64. The molecule has 0 aliphatic rings. The Morgan fingerprint density at radius 2 is 1.57 bits per heavy atom. The summed E-state index contributed by atoms with van der Waals surface area (Å²) in [6.07, 6.45) is 0. The van der Waals surface area contributed by atoms with Gasteiger partial charge in [0.15, 0.2) is 0 Å². The molecule has 0 aliphatic heterocycles. The molecule has 0 atom stereocenters. The summed E-state index contributed by atoms with van der Waals surface area (Å²) in [7, 11) is 0. The second kappa shape index (κ2) is 6.28. The molecular weight excluding hydrogens is 284 g/mol. The molecule has 1 aromatic carbocycles. The van der Waals surface area contributed by atoms with Gasteiger partial charge in [-0.3, -0.25) is 10.2 Å². The van der Waals surface area contributed by atoms with Crippen LogP contribution >= 0.6 is 11.8 Å². The molecule has 0 aromatic heterocycles. The lowest BCUT2D eigenvalue weighted by atomic mass is 9.79. The zero-order valence-corrected chi connectivity index (χ0v) is 14.5. The maximum absolute atomic E-state index is 11.3. The molecule has 5 heteroatoms. The molecule has 0 bridgehead atoms. The van der Waals surface area contributed by atoms with Crippen LogP contribution in [0.3, 0.4) is 0 Å². The molecule has 1 aromatic rings. The smallest absolute Gasteiger partial charge is 0.244 e. The quantitative estimate of drug-likeness (QED) is 0.347. The van der Waals surface area contributed by atoms with Gasteiger partial charge in [0.25, 0.3) is 0 Å². The Balaban J connectivity index is 3.31. The van der Waals surface area contributed by atoms with Crippen molar-refractivity contribution < 1.29 is 9.90 Å². The summed E-state index contributed by atoms with van der Waals surface area (Å²) in [4.78, 5) is 12.3. The minimum atomic E-state index is -0.220. The highest BCUT2D eigenvalue weighted by atomic mass is 32.2. The Bertz CT molecular complexity index is 493. The first-order valence-electron chi connectivity index (χ1n) is 6.97. The number of hydrazine groups is 1. The summed E-state index contributed by atoms with van der Waals surface area (Å²) in [5.41, 5.74) is 3.58. The number of phenols is 1. The largest absolute Gasteiger partial charge is 0.507 e. The van der Waals surface area contributed by atoms with E-state index in [1.54, 1.807) is 0 Å². The molecule has 0 spiro atoms. The maximum Gasteiger partial charge on any atom is 0.244 e. The molecule has 4 nitrogen and oxygen atoms in total. The molecule has 0 fully saturated rings. The maximum atomic E-state index is 11.3. The van der Waals surface area contributed by atoms with Gasteiger partial charge < -0.3 is 5.11 Å². The lowest BCUT2D eigenvalue weighted by Gasteiger charge is -2.28. The van der Waals surface area contributed by atoms with Gasteiger partial charge in [0.1, 0.15) is 5.75 Å². The summed E-state index contributed by atoms with van der Waals surface area (Å²) >= 11 is 1.42. The molecule has 1 rings (SSSR count). The summed E-state index contributed by atoms with van der Waals surface area (Å²) in [6, 6.07) is 3.91. The van der Waals surface area contributed by atoms with Crippen LogP contribution in [0.4, 0.5) is 0 Å². The molecule has 0 saturated heterocycles. The monoisotopic (exact) mass is 310 g/mol. The Hall–Kier alpha value is -1.20. The Morgan fingerprint density at radius 3 is 1.90 bits per heavy atom. The van der Waals surface area contributed by atoms with Gasteiger partial charge in [-0.05, 0) is 23.0 Å². The number of benzene rings is 1. The lowest BCUT2D eigenvalue weighted by molar-refractivity contribution is -0.118. The SMILES string of the molecule is CC(C)(C)c1cc(SCC(=O)NN)cc(C(C)(C)C)c1O. The van der Waals surface area contributed by atoms with E-state index in [4.69, 9.17) is 5.84 Å². The lowest BCUT2D eigenvalue weighted by Crippen LogP contribution is -2.31. The average Bonchev–Trinajstić information content (AvgIpc) is 2.34. The van der Waals surface area contributed by atoms with Crippen molar-refractivity contribution in [2.45, 2.75) is 57.3 Å². The van der Waals surface area contributed by atoms with Crippen molar-refractivity contribution in [3.8, 4) is 5.75 Å². The molecular formula is C16H26N2O2S. The van der Waals surface area contributed by atoms with E-state index in [0.29, 0.717) is 5.75 Å². The van der Waals surface area contributed by atoms with Crippen molar-refractivity contribution in [3.05, 3.63) is 23.3 Å². The fourth-order valence-electron chi connectivity index (χ4n) is 2.03. The van der Waals surface area contributed by atoms with Gasteiger partial charge in [-0.15, -0.1) is 11.8 Å². The molecule has 1 amide bonds. The first kappa shape index (κ1) is 17.9. The summed E-state index contributed by atoms with van der Waals surface area (Å²) in [6.45, 7) is 12.4. The van der Waals surface area contributed by atoms with Crippen LogP contribution in [0.15, 0.2) is 17.0 Å². The highest BCUT2D eigenvalue weighted by molar-refractivity contribution is 8.00. The van der Waals surface area contributed by atoms with Gasteiger partial charge >= 0.3 is 0 Å². The van der Waals surface area contributed by atoms with Crippen molar-refractivity contribution >= 4 is 17.7 Å². The fraction of sp³-hybridized carbons (Fsp3) is 0.562. The van der Waals surface area contributed by atoms with Crippen molar-refractivity contribution in [1.29, 1.82) is 0 Å². The average molecular weight is 310 g/mol. The molecule has 0 saturated carbocycles. The number of hydrogen-bond acceptors (Lipinski definition) is 4. The third-order valence-corrected chi connectivity index (χ3v) is 4.21. The number of nitrogens with one attached hydrogen (secondary N) is 1. The number of nitrogens with two attached hydrogens (primary N) is 1. The predicted octanol–water partition coefficient (Wildman–Crippen LogP) is 3.07. The highest BCUT2D eigenvalue weighted by Crippen LogP contribution is 2.41. The Morgan fingerprint density at radius 1 is 1.14 bits per heavy atom. The van der Waals surface area contributed by atoms with Crippen LogP contribution < -0.4 is 11.3 Å². The zero-order chi connectivity index (χ0) is 16.4. The minimum absolute atomic E-state index is 0.170. The number of carbonyl (C=O) groups excluding carboxylic acids is 1. The first-order chi connectivity index (χ1) is 9.46. The van der Waals surface area contributed by atoms with Crippen molar-refractivity contribution in [2.75, 3.05) is 5.75 Å². The number of rotatable bonds is 3. The second-order valence-electron chi connectivity index (χ2n) is 7.22. The minimum Gasteiger partial charge on any atom is -0.507 e. The Labute approximate surface area is 131 Å². The van der Waals surface area contributed by atoms with Gasteiger partial charge in [0, 0.05) is 16.0 Å². The molecule has 0 heterocycles. The standard InChI is InChI=1S/C16H26N2O2S/c1-15(2,3)11-7-10(21-9-13(19)18-17)8-12(14(11)20)16(4,5)6/h7-8,20H,9,17H2,1-6H3,(H,18,19). The summed E-state index contributed by atoms with van der Waals surface area (Å²) in [5.74, 6) is 5.49. The van der Waals surface area contributed by atoms with Crippen LogP contribution in [0.5, 0.6) is 5.75 Å². The van der Waals surface area contributed by atoms with Crippen LogP contribution in [-0.4, -0.2) is 16.8 Å². The van der Waals surface area contributed by atoms with Gasteiger partial charge in [-0.2, -0.15) is 0 Å². The molecule has 4 N–H and O–H groups in total. The molecule has 0 radical (unpaired) electrons. The number of carbonyl (C=O) groups is 1. The van der Waals surface area contributed by atoms with E-state index in [-0.39, 0.29) is 22.5 Å². The van der Waals surface area contributed by atoms with Crippen LogP contribution in [0.2, 0.25) is 0 Å². The summed E-state index contributed by atoms with van der Waals surface area (Å²) < 4.78 is 0. The van der Waals surface area contributed by atoms with E-state index in [1.165, 1.54) is 11.8 Å². The predicted molar refractivity (Wildman–Crippen MR) is 88.6 cm³/mol. The van der Waals surface area contributed by atoms with Gasteiger partial charge in [0.2, 0.25) is 5.91 Å². The topological polar surface area (TPSA) is 75.4 Å². The van der Waals surface area contributed by atoms with Crippen LogP contribution in [0, 0.1) is 0 Å². The van der Waals surface area contributed by atoms with Crippen LogP contribution in [-0.2, 0) is 15.6 Å². The van der Waals surface area contributed by atoms with E-state index in [2.05, 4.69) is 47.0 Å². The highest BCUT2D eigenvalue weighted by Gasteiger charge is 2.26. The number of phenolic OH excluding ortho intramolecular Hbond substituents is 1. The van der Waals surface area contributed by atoms with Crippen LogP contribution in [0.25, 0.3) is 0 Å². The number of hydrogen-bond donors (Lipinski definition) is 3. The van der Waals surface area contributed by atoms with Gasteiger partial charge in [-0.25, -0.2) is 5.84 Å². The fourth-order valence-corrected chi connectivity index (χ4v) is 2.81. The van der Waals surface area contributed by atoms with Crippen molar-refractivity contribution in [1.82, 2.24) is 5.43 Å². The molecule has 0 unspecified atom stereocenters. The zero-order valence-electron chi connectivity index (χ0n) is 13.7. The molecule has 21 heavy (non-hydrogen) atoms. The number of aromatic hydroxyl groups is 1. The van der Waals surface area contributed by atoms with Gasteiger partial charge in [0.05, 0.1) is 5.75 Å². The normalized spacial score (nSPS) is 12.3. The Kier molecular flexibility index (Phi) is 5.34.